The van der Waals surface area contributed by atoms with E-state index in [1.54, 1.807) is 12.1 Å². The van der Waals surface area contributed by atoms with Crippen molar-refractivity contribution in [2.24, 2.45) is 5.92 Å². The van der Waals surface area contributed by atoms with E-state index >= 15 is 0 Å². The Balaban J connectivity index is 1.41. The van der Waals surface area contributed by atoms with Crippen molar-refractivity contribution in [1.82, 2.24) is 0 Å². The molecule has 3 rings (SSSR count). The molecule has 0 heterocycles. The molecule has 1 fully saturated rings. The van der Waals surface area contributed by atoms with Crippen LogP contribution in [0.15, 0.2) is 54.4 Å². The molecule has 0 bridgehead atoms. The highest BCUT2D eigenvalue weighted by molar-refractivity contribution is 5.64. The minimum absolute atomic E-state index is 0.0349. The topological polar surface area (TPSA) is 9.23 Å². The van der Waals surface area contributed by atoms with Crippen molar-refractivity contribution in [3.63, 3.8) is 0 Å². The fourth-order valence-electron chi connectivity index (χ4n) is 3.91. The fourth-order valence-corrected chi connectivity index (χ4v) is 3.91. The Morgan fingerprint density at radius 2 is 1.65 bits per heavy atom. The standard InChI is InChI=1S/C25H27F5O/c1-17-4-8-19(9-5-17)21-11-10-20(23(26)16-21)3-2-14-31-22-12-6-18(7-13-22)15-24(27)25(28,29)30/h4-5,8-11,15-16,18,22H,2-3,6-7,12-14H2,1H3. The van der Waals surface area contributed by atoms with Crippen molar-refractivity contribution in [3.05, 3.63) is 71.3 Å². The van der Waals surface area contributed by atoms with Gasteiger partial charge in [0.25, 0.3) is 0 Å². The van der Waals surface area contributed by atoms with Crippen LogP contribution in [0.1, 0.15) is 43.2 Å². The van der Waals surface area contributed by atoms with Crippen molar-refractivity contribution in [2.45, 2.75) is 57.7 Å². The zero-order valence-electron chi connectivity index (χ0n) is 17.5. The number of hydrogen-bond acceptors (Lipinski definition) is 1. The Morgan fingerprint density at radius 1 is 1.00 bits per heavy atom. The van der Waals surface area contributed by atoms with Gasteiger partial charge in [-0.25, -0.2) is 8.78 Å². The van der Waals surface area contributed by atoms with Crippen LogP contribution in [0, 0.1) is 18.7 Å². The van der Waals surface area contributed by atoms with Crippen LogP contribution in [-0.2, 0) is 11.2 Å². The molecule has 1 nitrogen and oxygen atoms in total. The highest BCUT2D eigenvalue weighted by atomic mass is 19.4. The first-order valence-corrected chi connectivity index (χ1v) is 10.6. The molecular formula is C25H27F5O. The third-order valence-electron chi connectivity index (χ3n) is 5.75. The molecule has 0 unspecified atom stereocenters. The molecule has 0 N–H and O–H groups in total. The van der Waals surface area contributed by atoms with E-state index in [-0.39, 0.29) is 11.9 Å². The summed E-state index contributed by atoms with van der Waals surface area (Å²) in [5, 5.41) is 0. The monoisotopic (exact) mass is 438 g/mol. The molecule has 1 aliphatic carbocycles. The van der Waals surface area contributed by atoms with Crippen molar-refractivity contribution >= 4 is 0 Å². The number of ether oxygens (including phenoxy) is 1. The summed E-state index contributed by atoms with van der Waals surface area (Å²) < 4.78 is 70.2. The van der Waals surface area contributed by atoms with Gasteiger partial charge in [0.2, 0.25) is 0 Å². The smallest absolute Gasteiger partial charge is 0.378 e. The van der Waals surface area contributed by atoms with Crippen LogP contribution in [0.5, 0.6) is 0 Å². The fraction of sp³-hybridized carbons (Fsp3) is 0.440. The molecule has 0 amide bonds. The first-order valence-electron chi connectivity index (χ1n) is 10.6. The van der Waals surface area contributed by atoms with Crippen molar-refractivity contribution in [3.8, 4) is 11.1 Å². The molecule has 0 spiro atoms. The first-order chi connectivity index (χ1) is 14.7. The third kappa shape index (κ3) is 6.89. The van der Waals surface area contributed by atoms with Gasteiger partial charge in [-0.05, 0) is 80.2 Å². The molecule has 168 valence electrons. The summed E-state index contributed by atoms with van der Waals surface area (Å²) in [7, 11) is 0. The predicted molar refractivity (Wildman–Crippen MR) is 112 cm³/mol. The second-order valence-electron chi connectivity index (χ2n) is 8.20. The lowest BCUT2D eigenvalue weighted by Crippen LogP contribution is -2.22. The van der Waals surface area contributed by atoms with Gasteiger partial charge in [-0.1, -0.05) is 42.0 Å². The Hall–Kier alpha value is -2.21. The van der Waals surface area contributed by atoms with E-state index in [4.69, 9.17) is 4.74 Å². The lowest BCUT2D eigenvalue weighted by molar-refractivity contribution is -0.109. The van der Waals surface area contributed by atoms with E-state index in [0.29, 0.717) is 56.8 Å². The number of rotatable bonds is 7. The van der Waals surface area contributed by atoms with Crippen LogP contribution in [-0.4, -0.2) is 18.9 Å². The number of allylic oxidation sites excluding steroid dienone is 2. The van der Waals surface area contributed by atoms with E-state index in [2.05, 4.69) is 0 Å². The van der Waals surface area contributed by atoms with Crippen LogP contribution in [0.25, 0.3) is 11.1 Å². The Labute approximate surface area is 179 Å². The summed E-state index contributed by atoms with van der Waals surface area (Å²) in [6.07, 6.45) is -0.879. The van der Waals surface area contributed by atoms with E-state index in [9.17, 15) is 22.0 Å². The van der Waals surface area contributed by atoms with Gasteiger partial charge < -0.3 is 4.74 Å². The van der Waals surface area contributed by atoms with Gasteiger partial charge in [-0.2, -0.15) is 13.2 Å². The van der Waals surface area contributed by atoms with Crippen molar-refractivity contribution < 1.29 is 26.7 Å². The second kappa shape index (κ2) is 10.4. The quantitative estimate of drug-likeness (QED) is 0.318. The average Bonchev–Trinajstić information content (AvgIpc) is 2.73. The molecule has 6 heteroatoms. The molecule has 1 saturated carbocycles. The van der Waals surface area contributed by atoms with E-state index < -0.39 is 17.9 Å². The molecule has 0 aliphatic heterocycles. The summed E-state index contributed by atoms with van der Waals surface area (Å²) in [6.45, 7) is 2.47. The summed E-state index contributed by atoms with van der Waals surface area (Å²) in [6, 6.07) is 13.2. The van der Waals surface area contributed by atoms with Crippen molar-refractivity contribution in [1.29, 1.82) is 0 Å². The Kier molecular flexibility index (Phi) is 7.87. The van der Waals surface area contributed by atoms with E-state index in [0.717, 1.165) is 16.7 Å². The van der Waals surface area contributed by atoms with Gasteiger partial charge in [-0.15, -0.1) is 0 Å². The maximum absolute atomic E-state index is 14.5. The second-order valence-corrected chi connectivity index (χ2v) is 8.20. The summed E-state index contributed by atoms with van der Waals surface area (Å²) >= 11 is 0. The number of alkyl halides is 3. The van der Waals surface area contributed by atoms with Crippen LogP contribution in [0.4, 0.5) is 22.0 Å². The maximum Gasteiger partial charge on any atom is 0.442 e. The molecule has 1 aliphatic rings. The summed E-state index contributed by atoms with van der Waals surface area (Å²) in [4.78, 5) is 0. The lowest BCUT2D eigenvalue weighted by Gasteiger charge is -2.27. The van der Waals surface area contributed by atoms with Gasteiger partial charge >= 0.3 is 6.18 Å². The molecule has 0 aromatic heterocycles. The highest BCUT2D eigenvalue weighted by Crippen LogP contribution is 2.33. The largest absolute Gasteiger partial charge is 0.442 e. The van der Waals surface area contributed by atoms with Gasteiger partial charge in [0.15, 0.2) is 5.83 Å². The molecule has 2 aromatic rings. The molecule has 31 heavy (non-hydrogen) atoms. The number of hydrogen-bond donors (Lipinski definition) is 0. The van der Waals surface area contributed by atoms with Crippen LogP contribution >= 0.6 is 0 Å². The van der Waals surface area contributed by atoms with Crippen LogP contribution in [0.2, 0.25) is 0 Å². The first kappa shape index (κ1) is 23.5. The lowest BCUT2D eigenvalue weighted by atomic mass is 9.87. The summed E-state index contributed by atoms with van der Waals surface area (Å²) in [5.41, 5.74) is 3.60. The summed E-state index contributed by atoms with van der Waals surface area (Å²) in [5.74, 6) is -2.65. The van der Waals surface area contributed by atoms with E-state index in [1.165, 1.54) is 0 Å². The highest BCUT2D eigenvalue weighted by Gasteiger charge is 2.35. The zero-order valence-corrected chi connectivity index (χ0v) is 17.5. The van der Waals surface area contributed by atoms with Gasteiger partial charge in [-0.3, -0.25) is 0 Å². The van der Waals surface area contributed by atoms with Gasteiger partial charge in [0.05, 0.1) is 6.10 Å². The predicted octanol–water partition coefficient (Wildman–Crippen LogP) is 7.72. The Bertz CT molecular complexity index is 878. The van der Waals surface area contributed by atoms with Crippen LogP contribution in [0.3, 0.4) is 0 Å². The number of halogens is 5. The molecule has 0 atom stereocenters. The SMILES string of the molecule is Cc1ccc(-c2ccc(CCCOC3CCC(C=C(F)C(F)(F)F)CC3)c(F)c2)cc1. The maximum atomic E-state index is 14.5. The van der Waals surface area contributed by atoms with Gasteiger partial charge in [0, 0.05) is 6.61 Å². The normalized spacial score (nSPS) is 20.1. The molecule has 0 saturated heterocycles. The minimum atomic E-state index is -4.90. The Morgan fingerprint density at radius 3 is 2.26 bits per heavy atom. The molecule has 0 radical (unpaired) electrons. The zero-order chi connectivity index (χ0) is 22.4. The van der Waals surface area contributed by atoms with Crippen LogP contribution < -0.4 is 0 Å². The number of aryl methyl sites for hydroxylation is 2. The average molecular weight is 438 g/mol. The van der Waals surface area contributed by atoms with E-state index in [1.807, 2.05) is 37.3 Å². The van der Waals surface area contributed by atoms with Crippen molar-refractivity contribution in [2.75, 3.05) is 6.61 Å². The third-order valence-corrected chi connectivity index (χ3v) is 5.75. The minimum Gasteiger partial charge on any atom is -0.378 e. The molecule has 2 aromatic carbocycles. The van der Waals surface area contributed by atoms with Gasteiger partial charge in [0.1, 0.15) is 5.82 Å². The number of benzene rings is 2. The molecular weight excluding hydrogens is 411 g/mol.